The Kier molecular flexibility index (Phi) is 3.04. The monoisotopic (exact) mass is 254 g/mol. The number of carbonyl (C=O) groups is 1. The Morgan fingerprint density at radius 1 is 1.50 bits per heavy atom. The summed E-state index contributed by atoms with van der Waals surface area (Å²) < 4.78 is 0. The Bertz CT molecular complexity index is 481. The van der Waals surface area contributed by atoms with E-state index in [0.29, 0.717) is 29.2 Å². The normalized spacial score (nSPS) is 19.9. The predicted octanol–water partition coefficient (Wildman–Crippen LogP) is 2.56. The van der Waals surface area contributed by atoms with Gasteiger partial charge in [-0.2, -0.15) is 5.26 Å². The molecule has 1 saturated heterocycles. The molecule has 1 fully saturated rings. The molecule has 3 nitrogen and oxygen atoms in total. The fraction of sp³-hybridized carbons (Fsp3) is 0.273. The summed E-state index contributed by atoms with van der Waals surface area (Å²) in [4.78, 5) is 13.2. The summed E-state index contributed by atoms with van der Waals surface area (Å²) in [5.74, 6) is -0.0706. The van der Waals surface area contributed by atoms with Crippen LogP contribution in [-0.2, 0) is 4.79 Å². The number of rotatable bonds is 1. The quantitative estimate of drug-likeness (QED) is 0.724. The highest BCUT2D eigenvalue weighted by Gasteiger charge is 2.30. The summed E-state index contributed by atoms with van der Waals surface area (Å²) in [5.41, 5.74) is 0.867. The van der Waals surface area contributed by atoms with Crippen molar-refractivity contribution in [2.75, 3.05) is 11.4 Å². The third-order valence-corrected chi connectivity index (χ3v) is 3.08. The van der Waals surface area contributed by atoms with Gasteiger partial charge in [0.15, 0.2) is 0 Å². The van der Waals surface area contributed by atoms with Crippen LogP contribution in [-0.4, -0.2) is 17.8 Å². The van der Waals surface area contributed by atoms with E-state index in [1.807, 2.05) is 6.07 Å². The highest BCUT2D eigenvalue weighted by molar-refractivity contribution is 6.32. The zero-order chi connectivity index (χ0) is 11.7. The van der Waals surface area contributed by atoms with Crippen molar-refractivity contribution in [3.8, 4) is 6.07 Å². The average molecular weight is 255 g/mol. The number of carbonyl (C=O) groups excluding carboxylic acids is 1. The Hall–Kier alpha value is -1.24. The second kappa shape index (κ2) is 4.32. The van der Waals surface area contributed by atoms with Crippen molar-refractivity contribution in [1.29, 1.82) is 5.26 Å². The maximum atomic E-state index is 11.7. The minimum Gasteiger partial charge on any atom is -0.309 e. The van der Waals surface area contributed by atoms with Gasteiger partial charge in [-0.15, -0.1) is 11.6 Å². The number of benzene rings is 1. The molecule has 0 aliphatic carbocycles. The third-order valence-electron chi connectivity index (χ3n) is 2.47. The Morgan fingerprint density at radius 3 is 2.81 bits per heavy atom. The Labute approximate surface area is 103 Å². The van der Waals surface area contributed by atoms with Crippen LogP contribution < -0.4 is 4.90 Å². The third kappa shape index (κ3) is 1.87. The van der Waals surface area contributed by atoms with Gasteiger partial charge < -0.3 is 4.90 Å². The van der Waals surface area contributed by atoms with Crippen LogP contribution in [0.2, 0.25) is 5.02 Å². The summed E-state index contributed by atoms with van der Waals surface area (Å²) in [6, 6.07) is 7.06. The summed E-state index contributed by atoms with van der Waals surface area (Å²) >= 11 is 11.8. The van der Waals surface area contributed by atoms with Crippen LogP contribution in [0.5, 0.6) is 0 Å². The van der Waals surface area contributed by atoms with Gasteiger partial charge in [0.2, 0.25) is 5.91 Å². The zero-order valence-electron chi connectivity index (χ0n) is 8.28. The van der Waals surface area contributed by atoms with E-state index in [1.165, 1.54) is 4.90 Å². The molecule has 0 radical (unpaired) electrons. The predicted molar refractivity (Wildman–Crippen MR) is 62.8 cm³/mol. The van der Waals surface area contributed by atoms with Crippen LogP contribution >= 0.6 is 23.2 Å². The SMILES string of the molecule is N#Cc1c(Cl)cccc1N1CC(Cl)CC1=O. The lowest BCUT2D eigenvalue weighted by Gasteiger charge is -2.17. The molecular weight excluding hydrogens is 247 g/mol. The number of halogens is 2. The van der Waals surface area contributed by atoms with E-state index < -0.39 is 0 Å². The van der Waals surface area contributed by atoms with Crippen LogP contribution in [0.15, 0.2) is 18.2 Å². The lowest BCUT2D eigenvalue weighted by atomic mass is 10.2. The van der Waals surface area contributed by atoms with Gasteiger partial charge in [0.05, 0.1) is 21.7 Å². The summed E-state index contributed by atoms with van der Waals surface area (Å²) in [7, 11) is 0. The number of amides is 1. The van der Waals surface area contributed by atoms with Crippen molar-refractivity contribution >= 4 is 34.8 Å². The molecule has 1 aromatic carbocycles. The molecule has 1 aliphatic heterocycles. The van der Waals surface area contributed by atoms with Crippen LogP contribution in [0.25, 0.3) is 0 Å². The minimum absolute atomic E-state index is 0.0706. The van der Waals surface area contributed by atoms with E-state index in [9.17, 15) is 4.79 Å². The van der Waals surface area contributed by atoms with E-state index in [4.69, 9.17) is 28.5 Å². The highest BCUT2D eigenvalue weighted by atomic mass is 35.5. The van der Waals surface area contributed by atoms with Crippen LogP contribution in [0.1, 0.15) is 12.0 Å². The van der Waals surface area contributed by atoms with E-state index in [2.05, 4.69) is 0 Å². The molecule has 2 rings (SSSR count). The van der Waals surface area contributed by atoms with Crippen molar-refractivity contribution in [1.82, 2.24) is 0 Å². The van der Waals surface area contributed by atoms with Crippen molar-refractivity contribution in [2.24, 2.45) is 0 Å². The smallest absolute Gasteiger partial charge is 0.228 e. The first kappa shape index (κ1) is 11.3. The molecule has 5 heteroatoms. The van der Waals surface area contributed by atoms with Crippen molar-refractivity contribution in [3.63, 3.8) is 0 Å². The van der Waals surface area contributed by atoms with Gasteiger partial charge in [-0.3, -0.25) is 4.79 Å². The zero-order valence-corrected chi connectivity index (χ0v) is 9.79. The number of hydrogen-bond acceptors (Lipinski definition) is 2. The van der Waals surface area contributed by atoms with E-state index in [1.54, 1.807) is 18.2 Å². The van der Waals surface area contributed by atoms with Crippen LogP contribution in [0.4, 0.5) is 5.69 Å². The molecule has 0 bridgehead atoms. The number of alkyl halides is 1. The lowest BCUT2D eigenvalue weighted by Crippen LogP contribution is -2.25. The van der Waals surface area contributed by atoms with Gasteiger partial charge >= 0.3 is 0 Å². The molecule has 1 unspecified atom stereocenters. The summed E-state index contributed by atoms with van der Waals surface area (Å²) in [6.07, 6.45) is 0.305. The number of nitriles is 1. The van der Waals surface area contributed by atoms with Crippen molar-refractivity contribution in [3.05, 3.63) is 28.8 Å². The molecule has 82 valence electrons. The molecular formula is C11H8Cl2N2O. The maximum absolute atomic E-state index is 11.7. The topological polar surface area (TPSA) is 44.1 Å². The maximum Gasteiger partial charge on any atom is 0.228 e. The standard InChI is InChI=1S/C11H8Cl2N2O/c12-7-4-11(16)15(6-7)10-3-1-2-9(13)8(10)5-14/h1-3,7H,4,6H2. The highest BCUT2D eigenvalue weighted by Crippen LogP contribution is 2.30. The largest absolute Gasteiger partial charge is 0.309 e. The minimum atomic E-state index is -0.196. The summed E-state index contributed by atoms with van der Waals surface area (Å²) in [5, 5.41) is 9.16. The van der Waals surface area contributed by atoms with E-state index in [0.717, 1.165) is 0 Å². The first-order valence-electron chi connectivity index (χ1n) is 4.76. The van der Waals surface area contributed by atoms with Crippen LogP contribution in [0, 0.1) is 11.3 Å². The molecule has 1 heterocycles. The summed E-state index contributed by atoms with van der Waals surface area (Å²) in [6.45, 7) is 0.426. The molecule has 0 spiro atoms. The fourth-order valence-electron chi connectivity index (χ4n) is 1.75. The molecule has 0 N–H and O–H groups in total. The first-order chi connectivity index (χ1) is 7.63. The van der Waals surface area contributed by atoms with Crippen molar-refractivity contribution < 1.29 is 4.79 Å². The fourth-order valence-corrected chi connectivity index (χ4v) is 2.23. The van der Waals surface area contributed by atoms with Gasteiger partial charge in [-0.25, -0.2) is 0 Å². The molecule has 0 aromatic heterocycles. The van der Waals surface area contributed by atoms with Gasteiger partial charge in [0, 0.05) is 13.0 Å². The van der Waals surface area contributed by atoms with Gasteiger partial charge in [-0.1, -0.05) is 17.7 Å². The molecule has 16 heavy (non-hydrogen) atoms. The molecule has 0 saturated carbocycles. The molecule has 1 amide bonds. The lowest BCUT2D eigenvalue weighted by molar-refractivity contribution is -0.117. The van der Waals surface area contributed by atoms with Gasteiger partial charge in [0.25, 0.3) is 0 Å². The van der Waals surface area contributed by atoms with E-state index in [-0.39, 0.29) is 11.3 Å². The molecule has 1 aromatic rings. The first-order valence-corrected chi connectivity index (χ1v) is 5.58. The van der Waals surface area contributed by atoms with Crippen LogP contribution in [0.3, 0.4) is 0 Å². The number of nitrogens with zero attached hydrogens (tertiary/aromatic N) is 2. The van der Waals surface area contributed by atoms with E-state index >= 15 is 0 Å². The Morgan fingerprint density at radius 2 is 2.25 bits per heavy atom. The van der Waals surface area contributed by atoms with Gasteiger partial charge in [0.1, 0.15) is 6.07 Å². The number of hydrogen-bond donors (Lipinski definition) is 0. The number of anilines is 1. The average Bonchev–Trinajstić information content (AvgIpc) is 2.57. The second-order valence-corrected chi connectivity index (χ2v) is 4.58. The van der Waals surface area contributed by atoms with Gasteiger partial charge in [-0.05, 0) is 12.1 Å². The second-order valence-electron chi connectivity index (χ2n) is 3.55. The van der Waals surface area contributed by atoms with Crippen molar-refractivity contribution in [2.45, 2.75) is 11.8 Å². The molecule has 1 atom stereocenters. The Balaban J connectivity index is 2.45. The molecule has 1 aliphatic rings.